The fourth-order valence-corrected chi connectivity index (χ4v) is 3.04. The number of aryl methyl sites for hydroxylation is 1. The van der Waals surface area contributed by atoms with Gasteiger partial charge in [0, 0.05) is 24.2 Å². The molecule has 0 spiro atoms. The third-order valence-corrected chi connectivity index (χ3v) is 3.97. The highest BCUT2D eigenvalue weighted by molar-refractivity contribution is 7.15. The van der Waals surface area contributed by atoms with Gasteiger partial charge in [0.1, 0.15) is 15.8 Å². The fourth-order valence-electron chi connectivity index (χ4n) is 1.38. The summed E-state index contributed by atoms with van der Waals surface area (Å²) in [6.07, 6.45) is 0.703. The Balaban J connectivity index is 2.23. The molecule has 0 atom stereocenters. The summed E-state index contributed by atoms with van der Waals surface area (Å²) in [5.41, 5.74) is 7.73. The van der Waals surface area contributed by atoms with Crippen molar-refractivity contribution in [3.8, 4) is 10.6 Å². The average Bonchev–Trinajstić information content (AvgIpc) is 2.86. The van der Waals surface area contributed by atoms with Crippen molar-refractivity contribution in [1.29, 1.82) is 0 Å². The predicted octanol–water partition coefficient (Wildman–Crippen LogP) is 1.95. The molecule has 0 fully saturated rings. The van der Waals surface area contributed by atoms with Gasteiger partial charge in [-0.15, -0.1) is 11.3 Å². The summed E-state index contributed by atoms with van der Waals surface area (Å²) in [5, 5.41) is 15.8. The topological polar surface area (TPSA) is 84.1 Å². The molecule has 0 bridgehead atoms. The van der Waals surface area contributed by atoms with Gasteiger partial charge >= 0.3 is 0 Å². The third-order valence-electron chi connectivity index (χ3n) is 2.17. The van der Waals surface area contributed by atoms with Crippen molar-refractivity contribution in [1.82, 2.24) is 9.36 Å². The molecule has 2 heterocycles. The summed E-state index contributed by atoms with van der Waals surface area (Å²) in [7, 11) is 0. The Bertz CT molecular complexity index is 494. The number of nitrogen functional groups attached to an aromatic ring is 1. The maximum atomic E-state index is 8.75. The van der Waals surface area contributed by atoms with Gasteiger partial charge in [0.15, 0.2) is 0 Å². The van der Waals surface area contributed by atoms with Gasteiger partial charge in [0.2, 0.25) is 0 Å². The van der Waals surface area contributed by atoms with Crippen molar-refractivity contribution in [3.63, 3.8) is 0 Å². The van der Waals surface area contributed by atoms with Crippen LogP contribution in [0.15, 0.2) is 5.38 Å². The molecule has 0 radical (unpaired) electrons. The van der Waals surface area contributed by atoms with E-state index in [4.69, 9.17) is 10.8 Å². The molecule has 0 aliphatic rings. The second-order valence-electron chi connectivity index (χ2n) is 3.57. The van der Waals surface area contributed by atoms with Gasteiger partial charge in [-0.1, -0.05) is 0 Å². The summed E-state index contributed by atoms with van der Waals surface area (Å²) in [6.45, 7) is 2.83. The number of aliphatic hydroxyl groups excluding tert-OH is 1. The van der Waals surface area contributed by atoms with E-state index in [9.17, 15) is 0 Å². The molecule has 2 aromatic rings. The first kappa shape index (κ1) is 12.3. The lowest BCUT2D eigenvalue weighted by molar-refractivity contribution is 0.292. The van der Waals surface area contributed by atoms with Crippen LogP contribution < -0.4 is 11.1 Å². The van der Waals surface area contributed by atoms with Crippen molar-refractivity contribution in [2.24, 2.45) is 0 Å². The van der Waals surface area contributed by atoms with Crippen LogP contribution in [0.3, 0.4) is 0 Å². The van der Waals surface area contributed by atoms with Gasteiger partial charge in [-0.05, 0) is 24.9 Å². The lowest BCUT2D eigenvalue weighted by atomic mass is 10.3. The Morgan fingerprint density at radius 1 is 1.53 bits per heavy atom. The van der Waals surface area contributed by atoms with Crippen LogP contribution in [-0.2, 0) is 0 Å². The minimum atomic E-state index is 0.174. The third kappa shape index (κ3) is 2.74. The number of nitrogens with two attached hydrogens (primary N) is 1. The molecule has 7 heteroatoms. The van der Waals surface area contributed by atoms with Crippen LogP contribution in [0.25, 0.3) is 10.6 Å². The normalized spacial score (nSPS) is 10.7. The monoisotopic (exact) mass is 270 g/mol. The minimum absolute atomic E-state index is 0.174. The number of nitrogens with one attached hydrogen (secondary N) is 1. The smallest absolute Gasteiger partial charge is 0.149 e. The van der Waals surface area contributed by atoms with E-state index < -0.39 is 0 Å². The van der Waals surface area contributed by atoms with Gasteiger partial charge in [-0.25, -0.2) is 4.98 Å². The van der Waals surface area contributed by atoms with Crippen molar-refractivity contribution < 1.29 is 5.11 Å². The van der Waals surface area contributed by atoms with Gasteiger partial charge in [0.05, 0.1) is 5.56 Å². The van der Waals surface area contributed by atoms with Gasteiger partial charge in [-0.2, -0.15) is 4.37 Å². The van der Waals surface area contributed by atoms with E-state index >= 15 is 0 Å². The SMILES string of the molecule is Cc1csc(-c2c(N)nsc2NCCCO)n1. The highest BCUT2D eigenvalue weighted by atomic mass is 32.1. The van der Waals surface area contributed by atoms with E-state index in [1.54, 1.807) is 11.3 Å². The van der Waals surface area contributed by atoms with Crippen LogP contribution in [-0.4, -0.2) is 27.6 Å². The number of nitrogens with zero attached hydrogens (tertiary/aromatic N) is 2. The molecule has 0 aliphatic heterocycles. The number of rotatable bonds is 5. The van der Waals surface area contributed by atoms with Crippen molar-refractivity contribution in [2.45, 2.75) is 13.3 Å². The molecule has 5 nitrogen and oxygen atoms in total. The standard InChI is InChI=1S/C10H14N4OS2/c1-6-5-16-10(13-6)7-8(11)14-17-9(7)12-3-2-4-15/h5,12,15H,2-4H2,1H3,(H2,11,14). The largest absolute Gasteiger partial charge is 0.396 e. The Labute approximate surface area is 107 Å². The molecule has 92 valence electrons. The molecule has 0 unspecified atom stereocenters. The molecule has 17 heavy (non-hydrogen) atoms. The van der Waals surface area contributed by atoms with E-state index in [1.165, 1.54) is 11.5 Å². The Morgan fingerprint density at radius 2 is 2.35 bits per heavy atom. The molecule has 2 aromatic heterocycles. The van der Waals surface area contributed by atoms with E-state index in [0.29, 0.717) is 18.8 Å². The number of aliphatic hydroxyl groups is 1. The summed E-state index contributed by atoms with van der Waals surface area (Å²) in [6, 6.07) is 0. The molecule has 2 rings (SSSR count). The minimum Gasteiger partial charge on any atom is -0.396 e. The maximum absolute atomic E-state index is 8.75. The van der Waals surface area contributed by atoms with Crippen molar-refractivity contribution in [2.75, 3.05) is 24.2 Å². The Hall–Kier alpha value is -1.18. The van der Waals surface area contributed by atoms with E-state index in [1.807, 2.05) is 12.3 Å². The van der Waals surface area contributed by atoms with E-state index in [0.717, 1.165) is 21.3 Å². The lowest BCUT2D eigenvalue weighted by Crippen LogP contribution is -2.03. The zero-order valence-corrected chi connectivity index (χ0v) is 11.1. The number of thiazole rings is 1. The first-order valence-electron chi connectivity index (χ1n) is 5.24. The second kappa shape index (κ2) is 5.44. The van der Waals surface area contributed by atoms with E-state index in [-0.39, 0.29) is 6.61 Å². The maximum Gasteiger partial charge on any atom is 0.149 e. The predicted molar refractivity (Wildman–Crippen MR) is 72.6 cm³/mol. The van der Waals surface area contributed by atoms with Crippen molar-refractivity contribution in [3.05, 3.63) is 11.1 Å². The highest BCUT2D eigenvalue weighted by Gasteiger charge is 2.16. The van der Waals surface area contributed by atoms with Gasteiger partial charge in [0.25, 0.3) is 0 Å². The summed E-state index contributed by atoms with van der Waals surface area (Å²) in [4.78, 5) is 4.42. The molecule has 0 amide bonds. The van der Waals surface area contributed by atoms with Crippen LogP contribution in [0.1, 0.15) is 12.1 Å². The van der Waals surface area contributed by atoms with Crippen molar-refractivity contribution >= 4 is 33.7 Å². The fraction of sp³-hybridized carbons (Fsp3) is 0.400. The summed E-state index contributed by atoms with van der Waals surface area (Å²) < 4.78 is 4.14. The molecular formula is C10H14N4OS2. The van der Waals surface area contributed by atoms with Gasteiger partial charge < -0.3 is 16.2 Å². The molecule has 0 aliphatic carbocycles. The molecular weight excluding hydrogens is 256 g/mol. The number of anilines is 2. The highest BCUT2D eigenvalue weighted by Crippen LogP contribution is 2.38. The second-order valence-corrected chi connectivity index (χ2v) is 5.20. The van der Waals surface area contributed by atoms with Crippen LogP contribution >= 0.6 is 22.9 Å². The lowest BCUT2D eigenvalue weighted by Gasteiger charge is -2.03. The average molecular weight is 270 g/mol. The number of aromatic nitrogens is 2. The quantitative estimate of drug-likeness (QED) is 0.723. The summed E-state index contributed by atoms with van der Waals surface area (Å²) in [5.74, 6) is 0.510. The molecule has 4 N–H and O–H groups in total. The van der Waals surface area contributed by atoms with Crippen LogP contribution in [0.5, 0.6) is 0 Å². The zero-order valence-electron chi connectivity index (χ0n) is 9.43. The number of hydrogen-bond acceptors (Lipinski definition) is 7. The molecule has 0 aromatic carbocycles. The Kier molecular flexibility index (Phi) is 3.93. The first-order chi connectivity index (χ1) is 8.22. The van der Waals surface area contributed by atoms with Gasteiger partial charge in [-0.3, -0.25) is 0 Å². The first-order valence-corrected chi connectivity index (χ1v) is 6.90. The van der Waals surface area contributed by atoms with E-state index in [2.05, 4.69) is 14.7 Å². The molecule has 0 saturated heterocycles. The van der Waals surface area contributed by atoms with Crippen LogP contribution in [0.2, 0.25) is 0 Å². The van der Waals surface area contributed by atoms with Crippen LogP contribution in [0.4, 0.5) is 10.8 Å². The number of hydrogen-bond donors (Lipinski definition) is 3. The molecule has 0 saturated carbocycles. The van der Waals surface area contributed by atoms with Crippen LogP contribution in [0, 0.1) is 6.92 Å². The summed E-state index contributed by atoms with van der Waals surface area (Å²) >= 11 is 2.89. The Morgan fingerprint density at radius 3 is 3.00 bits per heavy atom. The zero-order chi connectivity index (χ0) is 12.3.